The third-order valence-corrected chi connectivity index (χ3v) is 8.49. The fraction of sp³-hybridized carbons (Fsp3) is 0.290. The highest BCUT2D eigenvalue weighted by molar-refractivity contribution is 5.61. The largest absolute Gasteiger partial charge is 0.363 e. The smallest absolute Gasteiger partial charge is 0.143 e. The quantitative estimate of drug-likeness (QED) is 0.349. The molecule has 5 heterocycles. The molecule has 2 unspecified atom stereocenters. The zero-order valence-corrected chi connectivity index (χ0v) is 23.0. The van der Waals surface area contributed by atoms with Crippen molar-refractivity contribution in [2.75, 3.05) is 9.80 Å². The molecule has 2 aromatic carbocycles. The Kier molecular flexibility index (Phi) is 5.01. The third-order valence-electron chi connectivity index (χ3n) is 8.49. The summed E-state index contributed by atoms with van der Waals surface area (Å²) < 4.78 is 2.18. The Labute approximate surface area is 229 Å². The number of aromatic nitrogens is 4. The van der Waals surface area contributed by atoms with E-state index in [2.05, 4.69) is 138 Å². The Balaban J connectivity index is 1.45. The van der Waals surface area contributed by atoms with Crippen molar-refractivity contribution in [3.8, 4) is 11.4 Å². The van der Waals surface area contributed by atoms with Crippen molar-refractivity contribution in [1.82, 2.24) is 30.2 Å². The number of benzene rings is 2. The van der Waals surface area contributed by atoms with Gasteiger partial charge in [-0.2, -0.15) is 0 Å². The van der Waals surface area contributed by atoms with Crippen LogP contribution in [-0.2, 0) is 17.9 Å². The van der Waals surface area contributed by atoms with Crippen LogP contribution in [0.15, 0.2) is 96.9 Å². The van der Waals surface area contributed by atoms with Gasteiger partial charge in [-0.3, -0.25) is 0 Å². The highest BCUT2D eigenvalue weighted by Crippen LogP contribution is 2.41. The molecule has 39 heavy (non-hydrogen) atoms. The minimum atomic E-state index is -0.392. The molecular weight excluding hydrogens is 484 g/mol. The van der Waals surface area contributed by atoms with Crippen molar-refractivity contribution in [3.05, 3.63) is 109 Å². The topological polar surface area (TPSA) is 77.0 Å². The van der Waals surface area contributed by atoms with Gasteiger partial charge in [-0.25, -0.2) is 9.97 Å². The van der Waals surface area contributed by atoms with E-state index < -0.39 is 5.41 Å². The van der Waals surface area contributed by atoms with E-state index in [1.165, 1.54) is 0 Å². The number of aromatic amines is 1. The lowest BCUT2D eigenvalue weighted by molar-refractivity contribution is 0.410. The number of anilines is 2. The Hall–Kier alpha value is -4.46. The average molecular weight is 519 g/mol. The Morgan fingerprint density at radius 1 is 0.692 bits per heavy atom. The molecule has 198 valence electrons. The Morgan fingerprint density at radius 2 is 1.23 bits per heavy atom. The molecule has 0 saturated carbocycles. The van der Waals surface area contributed by atoms with Gasteiger partial charge >= 0.3 is 0 Å². The van der Waals surface area contributed by atoms with Crippen molar-refractivity contribution in [1.29, 1.82) is 0 Å². The molecule has 0 amide bonds. The molecule has 7 rings (SSSR count). The summed E-state index contributed by atoms with van der Waals surface area (Å²) in [7, 11) is 2.09. The van der Waals surface area contributed by atoms with Gasteiger partial charge in [0.05, 0.1) is 34.6 Å². The minimum absolute atomic E-state index is 0.0960. The van der Waals surface area contributed by atoms with Crippen LogP contribution in [0.25, 0.3) is 11.4 Å². The SMILES string of the molecule is Cn1c2cnc1C(C)(C)C1=CN(c3ccccc3)C(N1)C1NC(=CN1c1ccccc1)C(C)(C)c1ncc-2[nH]1. The summed E-state index contributed by atoms with van der Waals surface area (Å²) in [4.78, 5) is 18.1. The van der Waals surface area contributed by atoms with Crippen LogP contribution in [0, 0.1) is 0 Å². The second-order valence-corrected chi connectivity index (χ2v) is 11.7. The predicted octanol–water partition coefficient (Wildman–Crippen LogP) is 4.93. The molecular formula is C31H34N8. The molecule has 0 spiro atoms. The first-order chi connectivity index (χ1) is 18.7. The molecule has 0 radical (unpaired) electrons. The van der Waals surface area contributed by atoms with Crippen molar-refractivity contribution >= 4 is 11.4 Å². The summed E-state index contributed by atoms with van der Waals surface area (Å²) in [6, 6.07) is 21.1. The second kappa shape index (κ2) is 8.27. The number of fused-ring (bicyclic) bond motifs is 10. The van der Waals surface area contributed by atoms with Crippen molar-refractivity contribution in [3.63, 3.8) is 0 Å². The molecule has 8 bridgehead atoms. The number of hydrogen-bond acceptors (Lipinski definition) is 6. The predicted molar refractivity (Wildman–Crippen MR) is 155 cm³/mol. The van der Waals surface area contributed by atoms with Gasteiger partial charge in [-0.05, 0) is 52.0 Å². The van der Waals surface area contributed by atoms with E-state index in [-0.39, 0.29) is 17.7 Å². The Bertz CT molecular complexity index is 1590. The monoisotopic (exact) mass is 518 g/mol. The van der Waals surface area contributed by atoms with Gasteiger partial charge in [0.15, 0.2) is 0 Å². The first-order valence-electron chi connectivity index (χ1n) is 13.5. The van der Waals surface area contributed by atoms with E-state index in [9.17, 15) is 0 Å². The zero-order chi connectivity index (χ0) is 26.9. The highest BCUT2D eigenvalue weighted by Gasteiger charge is 2.46. The van der Waals surface area contributed by atoms with Gasteiger partial charge < -0.3 is 30.0 Å². The maximum Gasteiger partial charge on any atom is 0.143 e. The van der Waals surface area contributed by atoms with Crippen LogP contribution in [0.5, 0.6) is 0 Å². The highest BCUT2D eigenvalue weighted by atomic mass is 15.4. The van der Waals surface area contributed by atoms with Gasteiger partial charge in [0.25, 0.3) is 0 Å². The summed E-state index contributed by atoms with van der Waals surface area (Å²) in [5.41, 5.74) is 5.66. The van der Waals surface area contributed by atoms with Crippen molar-refractivity contribution in [2.45, 2.75) is 50.9 Å². The van der Waals surface area contributed by atoms with Crippen LogP contribution >= 0.6 is 0 Å². The molecule has 0 aliphatic carbocycles. The summed E-state index contributed by atoms with van der Waals surface area (Å²) in [6.07, 6.45) is 8.19. The van der Waals surface area contributed by atoms with Gasteiger partial charge in [0.2, 0.25) is 0 Å². The molecule has 2 atom stereocenters. The van der Waals surface area contributed by atoms with E-state index in [4.69, 9.17) is 9.97 Å². The average Bonchev–Trinajstić information content (AvgIpc) is 3.74. The van der Waals surface area contributed by atoms with E-state index in [0.717, 1.165) is 45.8 Å². The second-order valence-electron chi connectivity index (χ2n) is 11.7. The summed E-state index contributed by atoms with van der Waals surface area (Å²) in [5.74, 6) is 1.89. The molecule has 3 aliphatic rings. The lowest BCUT2D eigenvalue weighted by Gasteiger charge is -2.37. The first kappa shape index (κ1) is 23.6. The van der Waals surface area contributed by atoms with Crippen molar-refractivity contribution in [2.24, 2.45) is 7.05 Å². The lowest BCUT2D eigenvalue weighted by atomic mass is 9.88. The number of allylic oxidation sites excluding steroid dienone is 2. The fourth-order valence-corrected chi connectivity index (χ4v) is 6.04. The van der Waals surface area contributed by atoms with Crippen molar-refractivity contribution < 1.29 is 0 Å². The van der Waals surface area contributed by atoms with E-state index in [1.54, 1.807) is 0 Å². The van der Waals surface area contributed by atoms with Gasteiger partial charge in [-0.1, -0.05) is 36.4 Å². The molecule has 8 nitrogen and oxygen atoms in total. The van der Waals surface area contributed by atoms with Gasteiger partial charge in [0.1, 0.15) is 24.0 Å². The number of H-pyrrole nitrogens is 1. The minimum Gasteiger partial charge on any atom is -0.363 e. The summed E-state index contributed by atoms with van der Waals surface area (Å²) in [5, 5.41) is 7.86. The third kappa shape index (κ3) is 3.51. The fourth-order valence-electron chi connectivity index (χ4n) is 6.04. The number of nitrogens with zero attached hydrogens (tertiary/aromatic N) is 5. The number of rotatable bonds is 2. The number of nitrogens with one attached hydrogen (secondary N) is 3. The molecule has 3 aliphatic heterocycles. The molecule has 4 aromatic rings. The van der Waals surface area contributed by atoms with Gasteiger partial charge in [-0.15, -0.1) is 0 Å². The molecule has 0 saturated heterocycles. The molecule has 3 N–H and O–H groups in total. The normalized spacial score (nSPS) is 22.5. The maximum atomic E-state index is 4.93. The number of hydrogen-bond donors (Lipinski definition) is 3. The van der Waals surface area contributed by atoms with Crippen LogP contribution < -0.4 is 20.4 Å². The van der Waals surface area contributed by atoms with Crippen LogP contribution in [0.2, 0.25) is 0 Å². The lowest BCUT2D eigenvalue weighted by Crippen LogP contribution is -2.58. The van der Waals surface area contributed by atoms with Crippen LogP contribution in [-0.4, -0.2) is 31.9 Å². The number of para-hydroxylation sites is 2. The number of imidazole rings is 2. The van der Waals surface area contributed by atoms with E-state index in [0.29, 0.717) is 0 Å². The standard InChI is InChI=1S/C31H34N8/c1-30(2)24-18-38(20-12-8-6-9-13-20)26(35-24)27-36-25(19-39(27)21-14-10-7-11-15-21)31(3,4)29-33-17-23(37(29)5)22-16-32-28(30)34-22/h6-19,26-27,35-36H,1-5H3,(H,32,34). The van der Waals surface area contributed by atoms with Crippen LogP contribution in [0.1, 0.15) is 39.3 Å². The first-order valence-corrected chi connectivity index (χ1v) is 13.5. The van der Waals surface area contributed by atoms with E-state index >= 15 is 0 Å². The molecule has 2 aromatic heterocycles. The summed E-state index contributed by atoms with van der Waals surface area (Å²) >= 11 is 0. The van der Waals surface area contributed by atoms with Gasteiger partial charge in [0, 0.05) is 42.2 Å². The molecule has 8 heteroatoms. The van der Waals surface area contributed by atoms with Crippen LogP contribution in [0.3, 0.4) is 0 Å². The zero-order valence-electron chi connectivity index (χ0n) is 23.0. The maximum absolute atomic E-state index is 4.93. The molecule has 0 fully saturated rings. The van der Waals surface area contributed by atoms with E-state index in [1.807, 2.05) is 12.4 Å². The Morgan fingerprint density at radius 3 is 1.79 bits per heavy atom. The summed E-state index contributed by atoms with van der Waals surface area (Å²) in [6.45, 7) is 8.89. The van der Waals surface area contributed by atoms with Crippen LogP contribution in [0.4, 0.5) is 11.4 Å².